The van der Waals surface area contributed by atoms with Crippen LogP contribution in [-0.4, -0.2) is 39.2 Å². The maximum atomic E-state index is 9.09. The van der Waals surface area contributed by atoms with Crippen molar-refractivity contribution in [1.82, 2.24) is 14.9 Å². The van der Waals surface area contributed by atoms with Gasteiger partial charge in [0.1, 0.15) is 10.7 Å². The van der Waals surface area contributed by atoms with Gasteiger partial charge in [-0.05, 0) is 25.3 Å². The molecule has 4 N–H and O–H groups in total. The standard InChI is InChI=1S/C12H19N5OS/c1-8(2)17(4-5-18)7-10-14-11(16-13)9-3-6-19-12(9)15-10/h3,6,8,18H,4-5,7,13H2,1-2H3,(H,14,15,16). The summed E-state index contributed by atoms with van der Waals surface area (Å²) in [7, 11) is 0. The molecule has 0 atom stereocenters. The van der Waals surface area contributed by atoms with Gasteiger partial charge < -0.3 is 10.5 Å². The van der Waals surface area contributed by atoms with Crippen LogP contribution in [0.4, 0.5) is 5.82 Å². The second kappa shape index (κ2) is 6.25. The number of nitrogens with two attached hydrogens (primary N) is 1. The Morgan fingerprint density at radius 1 is 1.47 bits per heavy atom. The molecule has 2 heterocycles. The molecule has 2 rings (SSSR count). The van der Waals surface area contributed by atoms with E-state index in [1.54, 1.807) is 11.3 Å². The van der Waals surface area contributed by atoms with Crippen LogP contribution in [0.3, 0.4) is 0 Å². The van der Waals surface area contributed by atoms with E-state index in [4.69, 9.17) is 10.9 Å². The third-order valence-electron chi connectivity index (χ3n) is 2.97. The highest BCUT2D eigenvalue weighted by atomic mass is 32.1. The van der Waals surface area contributed by atoms with Crippen molar-refractivity contribution in [2.45, 2.75) is 26.4 Å². The summed E-state index contributed by atoms with van der Waals surface area (Å²) < 4.78 is 0. The summed E-state index contributed by atoms with van der Waals surface area (Å²) in [5, 5.41) is 12.0. The van der Waals surface area contributed by atoms with Gasteiger partial charge in [-0.1, -0.05) is 0 Å². The Hall–Kier alpha value is -1.28. The van der Waals surface area contributed by atoms with Gasteiger partial charge >= 0.3 is 0 Å². The van der Waals surface area contributed by atoms with Crippen LogP contribution in [0.2, 0.25) is 0 Å². The van der Waals surface area contributed by atoms with Gasteiger partial charge in [-0.3, -0.25) is 4.90 Å². The van der Waals surface area contributed by atoms with Crippen LogP contribution < -0.4 is 11.3 Å². The van der Waals surface area contributed by atoms with E-state index in [-0.39, 0.29) is 6.61 Å². The molecular weight excluding hydrogens is 262 g/mol. The van der Waals surface area contributed by atoms with Crippen LogP contribution in [0.25, 0.3) is 10.2 Å². The number of rotatable bonds is 6. The molecule has 0 aliphatic carbocycles. The molecule has 0 amide bonds. The van der Waals surface area contributed by atoms with Crippen molar-refractivity contribution < 1.29 is 5.11 Å². The van der Waals surface area contributed by atoms with Crippen LogP contribution in [0.15, 0.2) is 11.4 Å². The van der Waals surface area contributed by atoms with E-state index < -0.39 is 0 Å². The lowest BCUT2D eigenvalue weighted by molar-refractivity contribution is 0.156. The highest BCUT2D eigenvalue weighted by molar-refractivity contribution is 7.16. The van der Waals surface area contributed by atoms with Gasteiger partial charge in [-0.15, -0.1) is 11.3 Å². The second-order valence-corrected chi connectivity index (χ2v) is 5.45. The van der Waals surface area contributed by atoms with Crippen molar-refractivity contribution in [3.63, 3.8) is 0 Å². The number of hydrogen-bond donors (Lipinski definition) is 3. The topological polar surface area (TPSA) is 87.3 Å². The highest BCUT2D eigenvalue weighted by Gasteiger charge is 2.14. The van der Waals surface area contributed by atoms with E-state index in [1.165, 1.54) is 0 Å². The number of aromatic nitrogens is 2. The van der Waals surface area contributed by atoms with Crippen molar-refractivity contribution in [2.24, 2.45) is 5.84 Å². The Kier molecular flexibility index (Phi) is 4.65. The zero-order chi connectivity index (χ0) is 13.8. The highest BCUT2D eigenvalue weighted by Crippen LogP contribution is 2.24. The molecule has 0 aliphatic rings. The minimum atomic E-state index is 0.126. The zero-order valence-corrected chi connectivity index (χ0v) is 11.9. The van der Waals surface area contributed by atoms with E-state index in [2.05, 4.69) is 34.1 Å². The Morgan fingerprint density at radius 3 is 2.89 bits per heavy atom. The van der Waals surface area contributed by atoms with Crippen LogP contribution >= 0.6 is 11.3 Å². The third kappa shape index (κ3) is 3.19. The first kappa shape index (κ1) is 14.1. The Morgan fingerprint density at radius 2 is 2.26 bits per heavy atom. The number of aliphatic hydroxyl groups is 1. The molecule has 2 aromatic rings. The SMILES string of the molecule is CC(C)N(CCO)Cc1nc(NN)c2ccsc2n1. The molecule has 0 saturated heterocycles. The summed E-state index contributed by atoms with van der Waals surface area (Å²) in [4.78, 5) is 12.0. The fraction of sp³-hybridized carbons (Fsp3) is 0.500. The smallest absolute Gasteiger partial charge is 0.152 e. The lowest BCUT2D eigenvalue weighted by Gasteiger charge is -2.24. The van der Waals surface area contributed by atoms with E-state index in [0.717, 1.165) is 10.2 Å². The fourth-order valence-corrected chi connectivity index (χ4v) is 2.69. The van der Waals surface area contributed by atoms with Gasteiger partial charge in [-0.2, -0.15) is 0 Å². The van der Waals surface area contributed by atoms with Gasteiger partial charge in [0, 0.05) is 12.6 Å². The van der Waals surface area contributed by atoms with Crippen LogP contribution in [0, 0.1) is 0 Å². The Bertz CT molecular complexity index is 542. The first-order chi connectivity index (χ1) is 9.15. The molecule has 0 radical (unpaired) electrons. The predicted octanol–water partition coefficient (Wildman–Crippen LogP) is 1.18. The molecule has 0 aromatic carbocycles. The molecular formula is C12H19N5OS. The fourth-order valence-electron chi connectivity index (χ4n) is 1.91. The van der Waals surface area contributed by atoms with Crippen molar-refractivity contribution >= 4 is 27.4 Å². The average molecular weight is 281 g/mol. The molecule has 0 saturated carbocycles. The Labute approximate surface area is 116 Å². The zero-order valence-electron chi connectivity index (χ0n) is 11.1. The van der Waals surface area contributed by atoms with E-state index in [9.17, 15) is 0 Å². The van der Waals surface area contributed by atoms with Crippen molar-refractivity contribution in [2.75, 3.05) is 18.6 Å². The minimum Gasteiger partial charge on any atom is -0.395 e. The number of nitrogens with one attached hydrogen (secondary N) is 1. The predicted molar refractivity (Wildman–Crippen MR) is 77.9 cm³/mol. The molecule has 19 heavy (non-hydrogen) atoms. The molecule has 6 nitrogen and oxygen atoms in total. The van der Waals surface area contributed by atoms with Crippen LogP contribution in [0.5, 0.6) is 0 Å². The first-order valence-corrected chi connectivity index (χ1v) is 7.09. The van der Waals surface area contributed by atoms with Crippen molar-refractivity contribution in [3.8, 4) is 0 Å². The van der Waals surface area contributed by atoms with Gasteiger partial charge in [0.25, 0.3) is 0 Å². The maximum Gasteiger partial charge on any atom is 0.152 e. The molecule has 2 aromatic heterocycles. The monoisotopic (exact) mass is 281 g/mol. The van der Waals surface area contributed by atoms with Crippen LogP contribution in [0.1, 0.15) is 19.7 Å². The summed E-state index contributed by atoms with van der Waals surface area (Å²) in [6, 6.07) is 2.27. The number of nitrogen functional groups attached to an aromatic ring is 1. The maximum absolute atomic E-state index is 9.09. The molecule has 0 spiro atoms. The molecule has 0 unspecified atom stereocenters. The lowest BCUT2D eigenvalue weighted by atomic mass is 10.3. The second-order valence-electron chi connectivity index (χ2n) is 4.56. The van der Waals surface area contributed by atoms with E-state index >= 15 is 0 Å². The van der Waals surface area contributed by atoms with Gasteiger partial charge in [-0.25, -0.2) is 15.8 Å². The summed E-state index contributed by atoms with van der Waals surface area (Å²) in [5.74, 6) is 6.86. The number of hydrazine groups is 1. The molecule has 0 aliphatic heterocycles. The molecule has 7 heteroatoms. The largest absolute Gasteiger partial charge is 0.395 e. The third-order valence-corrected chi connectivity index (χ3v) is 3.78. The number of anilines is 1. The normalized spacial score (nSPS) is 11.7. The van der Waals surface area contributed by atoms with Gasteiger partial charge in [0.2, 0.25) is 0 Å². The first-order valence-electron chi connectivity index (χ1n) is 6.21. The van der Waals surface area contributed by atoms with E-state index in [1.807, 2.05) is 11.4 Å². The molecule has 104 valence electrons. The van der Waals surface area contributed by atoms with Gasteiger partial charge in [0.05, 0.1) is 18.5 Å². The average Bonchev–Trinajstić information content (AvgIpc) is 2.85. The Balaban J connectivity index is 2.28. The number of hydrogen-bond acceptors (Lipinski definition) is 7. The minimum absolute atomic E-state index is 0.126. The number of thiophene rings is 1. The molecule has 0 fully saturated rings. The van der Waals surface area contributed by atoms with Crippen molar-refractivity contribution in [3.05, 3.63) is 17.3 Å². The summed E-state index contributed by atoms with van der Waals surface area (Å²) in [5.41, 5.74) is 2.62. The van der Waals surface area contributed by atoms with Gasteiger partial charge in [0.15, 0.2) is 5.82 Å². The number of nitrogens with zero attached hydrogens (tertiary/aromatic N) is 3. The summed E-state index contributed by atoms with van der Waals surface area (Å²) in [6.45, 7) is 5.50. The van der Waals surface area contributed by atoms with Crippen molar-refractivity contribution in [1.29, 1.82) is 0 Å². The lowest BCUT2D eigenvalue weighted by Crippen LogP contribution is -2.33. The quantitative estimate of drug-likeness (QED) is 0.544. The summed E-state index contributed by atoms with van der Waals surface area (Å²) >= 11 is 1.57. The summed E-state index contributed by atoms with van der Waals surface area (Å²) in [6.07, 6.45) is 0. The number of aliphatic hydroxyl groups excluding tert-OH is 1. The van der Waals surface area contributed by atoms with E-state index in [0.29, 0.717) is 30.8 Å². The number of fused-ring (bicyclic) bond motifs is 1. The van der Waals surface area contributed by atoms with Crippen LogP contribution in [-0.2, 0) is 6.54 Å². The molecule has 0 bridgehead atoms.